The molecule has 0 fully saturated rings. The maximum atomic E-state index is 10.8. The minimum atomic E-state index is -0.339. The molecule has 16 heavy (non-hydrogen) atoms. The van der Waals surface area contributed by atoms with Crippen molar-refractivity contribution in [1.29, 1.82) is 0 Å². The first-order chi connectivity index (χ1) is 7.45. The van der Waals surface area contributed by atoms with E-state index in [-0.39, 0.29) is 12.5 Å². The number of nitrogens with two attached hydrogens (primary N) is 1. The lowest BCUT2D eigenvalue weighted by atomic mass is 10.1. The first kappa shape index (κ1) is 12.4. The van der Waals surface area contributed by atoms with E-state index in [4.69, 9.17) is 10.5 Å². The van der Waals surface area contributed by atoms with Crippen molar-refractivity contribution in [2.24, 2.45) is 5.73 Å². The normalized spacial score (nSPS) is 10.0. The number of hydrogen-bond acceptors (Lipinski definition) is 3. The molecule has 0 aromatic heterocycles. The summed E-state index contributed by atoms with van der Waals surface area (Å²) in [6, 6.07) is 3.96. The summed E-state index contributed by atoms with van der Waals surface area (Å²) >= 11 is 0. The molecule has 0 radical (unpaired) electrons. The van der Waals surface area contributed by atoms with Gasteiger partial charge in [-0.3, -0.25) is 4.79 Å². The van der Waals surface area contributed by atoms with Gasteiger partial charge in [-0.2, -0.15) is 0 Å². The number of methoxy groups -OCH3 is 1. The number of rotatable bonds is 4. The van der Waals surface area contributed by atoms with Crippen LogP contribution < -0.4 is 15.4 Å². The van der Waals surface area contributed by atoms with Crippen LogP contribution in [0.1, 0.15) is 11.1 Å². The molecule has 1 rings (SSSR count). The van der Waals surface area contributed by atoms with Crippen LogP contribution in [0.4, 0.5) is 5.69 Å². The van der Waals surface area contributed by atoms with Crippen molar-refractivity contribution in [3.63, 3.8) is 0 Å². The summed E-state index contributed by atoms with van der Waals surface area (Å²) in [5.74, 6) is 0.546. The number of anilines is 1. The molecule has 0 unspecified atom stereocenters. The summed E-state index contributed by atoms with van der Waals surface area (Å²) in [5, 5.41) is 0. The second-order valence-electron chi connectivity index (χ2n) is 3.94. The van der Waals surface area contributed by atoms with Crippen LogP contribution in [0.3, 0.4) is 0 Å². The van der Waals surface area contributed by atoms with Gasteiger partial charge in [-0.05, 0) is 37.1 Å². The Morgan fingerprint density at radius 2 is 1.88 bits per heavy atom. The number of carbonyl (C=O) groups excluding carboxylic acids is 1. The lowest BCUT2D eigenvalue weighted by Gasteiger charge is -2.20. The number of aryl methyl sites for hydroxylation is 2. The molecular weight excluding hydrogens is 204 g/mol. The number of carbonyl (C=O) groups is 1. The van der Waals surface area contributed by atoms with Crippen LogP contribution in [0.15, 0.2) is 12.1 Å². The van der Waals surface area contributed by atoms with E-state index in [9.17, 15) is 4.79 Å². The van der Waals surface area contributed by atoms with Crippen molar-refractivity contribution in [2.45, 2.75) is 13.8 Å². The fourth-order valence-corrected chi connectivity index (χ4v) is 1.79. The van der Waals surface area contributed by atoms with Gasteiger partial charge in [0.2, 0.25) is 5.91 Å². The Morgan fingerprint density at radius 1 is 1.38 bits per heavy atom. The number of amides is 1. The predicted molar refractivity (Wildman–Crippen MR) is 64.9 cm³/mol. The van der Waals surface area contributed by atoms with Gasteiger partial charge in [0, 0.05) is 12.7 Å². The summed E-state index contributed by atoms with van der Waals surface area (Å²) in [6.45, 7) is 4.17. The minimum absolute atomic E-state index is 0.214. The number of hydrogen-bond donors (Lipinski definition) is 1. The molecule has 0 aliphatic heterocycles. The number of primary amides is 1. The zero-order chi connectivity index (χ0) is 12.3. The molecule has 0 aliphatic rings. The Balaban J connectivity index is 3.03. The SMILES string of the molecule is COc1c(C)cc(N(C)CC(N)=O)cc1C. The van der Waals surface area contributed by atoms with Crippen molar-refractivity contribution in [2.75, 3.05) is 25.6 Å². The Morgan fingerprint density at radius 3 is 2.25 bits per heavy atom. The maximum Gasteiger partial charge on any atom is 0.236 e. The third-order valence-electron chi connectivity index (χ3n) is 2.48. The van der Waals surface area contributed by atoms with Crippen LogP contribution in [0.2, 0.25) is 0 Å². The summed E-state index contributed by atoms with van der Waals surface area (Å²) in [7, 11) is 3.49. The van der Waals surface area contributed by atoms with Gasteiger partial charge >= 0.3 is 0 Å². The summed E-state index contributed by atoms with van der Waals surface area (Å²) < 4.78 is 5.28. The highest BCUT2D eigenvalue weighted by Crippen LogP contribution is 2.28. The number of nitrogens with zero attached hydrogens (tertiary/aromatic N) is 1. The second kappa shape index (κ2) is 4.88. The zero-order valence-electron chi connectivity index (χ0n) is 10.2. The molecule has 0 saturated heterocycles. The molecule has 0 saturated carbocycles. The largest absolute Gasteiger partial charge is 0.496 e. The molecular formula is C12H18N2O2. The second-order valence-corrected chi connectivity index (χ2v) is 3.94. The average molecular weight is 222 g/mol. The number of benzene rings is 1. The van der Waals surface area contributed by atoms with E-state index in [0.29, 0.717) is 0 Å². The zero-order valence-corrected chi connectivity index (χ0v) is 10.2. The van der Waals surface area contributed by atoms with Crippen LogP contribution in [0.25, 0.3) is 0 Å². The quantitative estimate of drug-likeness (QED) is 0.833. The van der Waals surface area contributed by atoms with Crippen LogP contribution in [-0.2, 0) is 4.79 Å². The highest BCUT2D eigenvalue weighted by atomic mass is 16.5. The Hall–Kier alpha value is -1.71. The standard InChI is InChI=1S/C12H18N2O2/c1-8-5-10(14(3)7-11(13)15)6-9(2)12(8)16-4/h5-6H,7H2,1-4H3,(H2,13,15). The van der Waals surface area contributed by atoms with E-state index in [1.165, 1.54) is 0 Å². The van der Waals surface area contributed by atoms with Crippen molar-refractivity contribution in [3.8, 4) is 5.75 Å². The summed E-state index contributed by atoms with van der Waals surface area (Å²) in [4.78, 5) is 12.7. The molecule has 4 nitrogen and oxygen atoms in total. The summed E-state index contributed by atoms with van der Waals surface area (Å²) in [5.41, 5.74) is 8.22. The number of likely N-dealkylation sites (N-methyl/N-ethyl adjacent to an activating group) is 1. The van der Waals surface area contributed by atoms with Crippen LogP contribution in [0.5, 0.6) is 5.75 Å². The van der Waals surface area contributed by atoms with E-state index in [1.807, 2.05) is 37.9 Å². The van der Waals surface area contributed by atoms with Gasteiger partial charge < -0.3 is 15.4 Å². The lowest BCUT2D eigenvalue weighted by Crippen LogP contribution is -2.30. The minimum Gasteiger partial charge on any atom is -0.496 e. The maximum absolute atomic E-state index is 10.8. The molecule has 0 aliphatic carbocycles. The molecule has 1 amide bonds. The third kappa shape index (κ3) is 2.66. The average Bonchev–Trinajstić information content (AvgIpc) is 2.16. The Bertz CT molecular complexity index is 379. The van der Waals surface area contributed by atoms with Gasteiger partial charge in [-0.15, -0.1) is 0 Å². The van der Waals surface area contributed by atoms with E-state index >= 15 is 0 Å². The van der Waals surface area contributed by atoms with Gasteiger partial charge in [0.25, 0.3) is 0 Å². The van der Waals surface area contributed by atoms with E-state index in [1.54, 1.807) is 7.11 Å². The van der Waals surface area contributed by atoms with Gasteiger partial charge in [-0.25, -0.2) is 0 Å². The van der Waals surface area contributed by atoms with Crippen LogP contribution >= 0.6 is 0 Å². The van der Waals surface area contributed by atoms with Crippen LogP contribution in [-0.4, -0.2) is 26.6 Å². The van der Waals surface area contributed by atoms with Crippen molar-refractivity contribution >= 4 is 11.6 Å². The predicted octanol–water partition coefficient (Wildman–Crippen LogP) is 1.23. The molecule has 0 spiro atoms. The van der Waals surface area contributed by atoms with Gasteiger partial charge in [0.15, 0.2) is 0 Å². The molecule has 88 valence electrons. The molecule has 1 aromatic carbocycles. The molecule has 2 N–H and O–H groups in total. The third-order valence-corrected chi connectivity index (χ3v) is 2.48. The topological polar surface area (TPSA) is 55.6 Å². The first-order valence-electron chi connectivity index (χ1n) is 5.10. The highest BCUT2D eigenvalue weighted by molar-refractivity contribution is 5.79. The molecule has 0 heterocycles. The van der Waals surface area contributed by atoms with Crippen LogP contribution in [0, 0.1) is 13.8 Å². The van der Waals surface area contributed by atoms with E-state index < -0.39 is 0 Å². The van der Waals surface area contributed by atoms with E-state index in [2.05, 4.69) is 0 Å². The Labute approximate surface area is 96.0 Å². The molecule has 4 heteroatoms. The van der Waals surface area contributed by atoms with Crippen molar-refractivity contribution < 1.29 is 9.53 Å². The van der Waals surface area contributed by atoms with Gasteiger partial charge in [0.1, 0.15) is 5.75 Å². The van der Waals surface area contributed by atoms with E-state index in [0.717, 1.165) is 22.6 Å². The number of ether oxygens (including phenoxy) is 1. The summed E-state index contributed by atoms with van der Waals surface area (Å²) in [6.07, 6.45) is 0. The first-order valence-corrected chi connectivity index (χ1v) is 5.10. The highest BCUT2D eigenvalue weighted by Gasteiger charge is 2.09. The lowest BCUT2D eigenvalue weighted by molar-refractivity contribution is -0.116. The molecule has 0 bridgehead atoms. The van der Waals surface area contributed by atoms with Gasteiger partial charge in [-0.1, -0.05) is 0 Å². The smallest absolute Gasteiger partial charge is 0.236 e. The fraction of sp³-hybridized carbons (Fsp3) is 0.417. The monoisotopic (exact) mass is 222 g/mol. The molecule has 1 aromatic rings. The molecule has 0 atom stereocenters. The van der Waals surface area contributed by atoms with Gasteiger partial charge in [0.05, 0.1) is 13.7 Å². The van der Waals surface area contributed by atoms with Crippen molar-refractivity contribution in [1.82, 2.24) is 0 Å². The van der Waals surface area contributed by atoms with Crippen molar-refractivity contribution in [3.05, 3.63) is 23.3 Å². The fourth-order valence-electron chi connectivity index (χ4n) is 1.79. The Kier molecular flexibility index (Phi) is 3.77.